The third kappa shape index (κ3) is 5.38. The van der Waals surface area contributed by atoms with Gasteiger partial charge in [-0.05, 0) is 48.7 Å². The third-order valence-electron chi connectivity index (χ3n) is 4.45. The Morgan fingerprint density at radius 1 is 1.10 bits per heavy atom. The maximum absolute atomic E-state index is 12.1. The summed E-state index contributed by atoms with van der Waals surface area (Å²) >= 11 is 0. The van der Waals surface area contributed by atoms with Gasteiger partial charge in [-0.25, -0.2) is 0 Å². The van der Waals surface area contributed by atoms with E-state index in [1.807, 2.05) is 30.3 Å². The lowest BCUT2D eigenvalue weighted by Gasteiger charge is -2.03. The Labute approximate surface area is 168 Å². The summed E-state index contributed by atoms with van der Waals surface area (Å²) < 4.78 is 1.72. The van der Waals surface area contributed by atoms with Gasteiger partial charge in [0.25, 0.3) is 5.91 Å². The lowest BCUT2D eigenvalue weighted by atomic mass is 10.1. The molecule has 2 heterocycles. The fraction of sp³-hybridized carbons (Fsp3) is 0.182. The van der Waals surface area contributed by atoms with E-state index >= 15 is 0 Å². The number of hydrogen-bond acceptors (Lipinski definition) is 4. The molecule has 0 radical (unpaired) electrons. The Balaban J connectivity index is 1.30. The Morgan fingerprint density at radius 3 is 2.66 bits per heavy atom. The van der Waals surface area contributed by atoms with Crippen molar-refractivity contribution in [2.45, 2.75) is 25.4 Å². The summed E-state index contributed by atoms with van der Waals surface area (Å²) in [5.74, 6) is 0.147. The topological polar surface area (TPSA) is 88.9 Å². The first-order valence-corrected chi connectivity index (χ1v) is 9.49. The van der Waals surface area contributed by atoms with Crippen LogP contribution in [0.2, 0.25) is 0 Å². The molecule has 29 heavy (non-hydrogen) atoms. The summed E-state index contributed by atoms with van der Waals surface area (Å²) in [4.78, 5) is 28.4. The molecule has 1 aromatic carbocycles. The highest BCUT2D eigenvalue weighted by molar-refractivity contribution is 6.01. The summed E-state index contributed by atoms with van der Waals surface area (Å²) in [7, 11) is 0. The Hall–Kier alpha value is -3.74. The van der Waals surface area contributed by atoms with Gasteiger partial charge in [-0.3, -0.25) is 19.3 Å². The second kappa shape index (κ2) is 8.52. The zero-order valence-electron chi connectivity index (χ0n) is 15.8. The van der Waals surface area contributed by atoms with Crippen LogP contribution in [0.4, 0.5) is 5.82 Å². The van der Waals surface area contributed by atoms with E-state index in [1.54, 1.807) is 41.4 Å². The van der Waals surface area contributed by atoms with Gasteiger partial charge in [0.05, 0.1) is 12.2 Å². The van der Waals surface area contributed by atoms with Crippen LogP contribution in [0.1, 0.15) is 34.5 Å². The van der Waals surface area contributed by atoms with Crippen LogP contribution in [-0.2, 0) is 11.3 Å². The highest BCUT2D eigenvalue weighted by Crippen LogP contribution is 2.19. The fourth-order valence-corrected chi connectivity index (χ4v) is 2.76. The molecule has 7 heteroatoms. The van der Waals surface area contributed by atoms with Gasteiger partial charge in [0, 0.05) is 36.1 Å². The lowest BCUT2D eigenvalue weighted by Crippen LogP contribution is -2.25. The minimum atomic E-state index is -0.274. The van der Waals surface area contributed by atoms with E-state index in [0.29, 0.717) is 24.0 Å². The highest BCUT2D eigenvalue weighted by Gasteiger charge is 2.23. The van der Waals surface area contributed by atoms with Crippen molar-refractivity contribution in [1.29, 1.82) is 0 Å². The molecule has 0 aliphatic heterocycles. The van der Waals surface area contributed by atoms with Crippen molar-refractivity contribution < 1.29 is 9.59 Å². The van der Waals surface area contributed by atoms with E-state index < -0.39 is 0 Å². The Bertz CT molecular complexity index is 1020. The molecule has 0 bridgehead atoms. The molecule has 1 aliphatic carbocycles. The smallest absolute Gasteiger partial charge is 0.251 e. The number of benzene rings is 1. The average Bonchev–Trinajstić information content (AvgIpc) is 3.45. The molecule has 4 rings (SSSR count). The molecule has 1 saturated carbocycles. The first-order chi connectivity index (χ1) is 14.2. The predicted octanol–water partition coefficient (Wildman–Crippen LogP) is 2.87. The zero-order chi connectivity index (χ0) is 20.1. The number of carbonyl (C=O) groups excluding carboxylic acids is 2. The standard InChI is InChI=1S/C22H21N5O2/c28-21(25-20-12-14-27(26-20)15-19-3-1-2-13-23-19)11-6-16-4-7-17(8-5-16)22(29)24-18-9-10-18/h1-8,11-14,18H,9-10,15H2,(H,24,29)(H,25,26,28)/b11-6+. The second-order valence-corrected chi connectivity index (χ2v) is 6.91. The first kappa shape index (κ1) is 18.6. The van der Waals surface area contributed by atoms with E-state index in [2.05, 4.69) is 20.7 Å². The molecule has 1 aliphatic rings. The van der Waals surface area contributed by atoms with Gasteiger partial charge in [-0.15, -0.1) is 0 Å². The largest absolute Gasteiger partial charge is 0.349 e. The molecule has 2 aromatic heterocycles. The number of nitrogens with one attached hydrogen (secondary N) is 2. The molecule has 146 valence electrons. The van der Waals surface area contributed by atoms with Crippen LogP contribution in [0, 0.1) is 0 Å². The molecule has 2 amide bonds. The predicted molar refractivity (Wildman–Crippen MR) is 110 cm³/mol. The van der Waals surface area contributed by atoms with E-state index in [4.69, 9.17) is 0 Å². The highest BCUT2D eigenvalue weighted by atomic mass is 16.2. The monoisotopic (exact) mass is 387 g/mol. The summed E-state index contributed by atoms with van der Waals surface area (Å²) in [6.07, 6.45) is 8.78. The van der Waals surface area contributed by atoms with Crippen molar-refractivity contribution in [1.82, 2.24) is 20.1 Å². The number of amides is 2. The van der Waals surface area contributed by atoms with Crippen molar-refractivity contribution in [3.05, 3.63) is 83.8 Å². The number of carbonyl (C=O) groups is 2. The van der Waals surface area contributed by atoms with Crippen LogP contribution >= 0.6 is 0 Å². The normalized spacial score (nSPS) is 13.4. The molecule has 0 unspecified atom stereocenters. The molecule has 7 nitrogen and oxygen atoms in total. The second-order valence-electron chi connectivity index (χ2n) is 6.91. The van der Waals surface area contributed by atoms with Crippen LogP contribution in [0.3, 0.4) is 0 Å². The number of pyridine rings is 1. The number of hydrogen-bond donors (Lipinski definition) is 2. The van der Waals surface area contributed by atoms with Gasteiger partial charge >= 0.3 is 0 Å². The minimum absolute atomic E-state index is 0.0536. The van der Waals surface area contributed by atoms with E-state index in [0.717, 1.165) is 24.1 Å². The van der Waals surface area contributed by atoms with E-state index in [-0.39, 0.29) is 11.8 Å². The number of nitrogens with zero attached hydrogens (tertiary/aromatic N) is 3. The van der Waals surface area contributed by atoms with Crippen LogP contribution in [0.25, 0.3) is 6.08 Å². The Kier molecular flexibility index (Phi) is 5.47. The van der Waals surface area contributed by atoms with Gasteiger partial charge in [-0.2, -0.15) is 5.10 Å². The third-order valence-corrected chi connectivity index (χ3v) is 4.45. The molecular weight excluding hydrogens is 366 g/mol. The molecule has 1 fully saturated rings. The lowest BCUT2D eigenvalue weighted by molar-refractivity contribution is -0.111. The number of anilines is 1. The van der Waals surface area contributed by atoms with Gasteiger partial charge < -0.3 is 10.6 Å². The SMILES string of the molecule is O=C(/C=C/c1ccc(C(=O)NC2CC2)cc1)Nc1ccn(Cc2ccccn2)n1. The van der Waals surface area contributed by atoms with Crippen molar-refractivity contribution in [3.63, 3.8) is 0 Å². The van der Waals surface area contributed by atoms with Gasteiger partial charge in [0.2, 0.25) is 5.91 Å². The summed E-state index contributed by atoms with van der Waals surface area (Å²) in [5, 5.41) is 10.0. The summed E-state index contributed by atoms with van der Waals surface area (Å²) in [5.41, 5.74) is 2.35. The molecule has 0 spiro atoms. The van der Waals surface area contributed by atoms with Crippen molar-refractivity contribution >= 4 is 23.7 Å². The van der Waals surface area contributed by atoms with Gasteiger partial charge in [0.15, 0.2) is 5.82 Å². The van der Waals surface area contributed by atoms with Gasteiger partial charge in [-0.1, -0.05) is 18.2 Å². The van der Waals surface area contributed by atoms with Crippen LogP contribution in [0.5, 0.6) is 0 Å². The molecular formula is C22H21N5O2. The van der Waals surface area contributed by atoms with Crippen LogP contribution < -0.4 is 10.6 Å². The van der Waals surface area contributed by atoms with E-state index in [1.165, 1.54) is 6.08 Å². The molecule has 2 N–H and O–H groups in total. The van der Waals surface area contributed by atoms with Crippen LogP contribution in [0.15, 0.2) is 67.0 Å². The van der Waals surface area contributed by atoms with Crippen molar-refractivity contribution in [2.24, 2.45) is 0 Å². The maximum Gasteiger partial charge on any atom is 0.251 e. The van der Waals surface area contributed by atoms with E-state index in [9.17, 15) is 9.59 Å². The zero-order valence-corrected chi connectivity index (χ0v) is 15.8. The minimum Gasteiger partial charge on any atom is -0.349 e. The number of rotatable bonds is 7. The molecule has 0 atom stereocenters. The quantitative estimate of drug-likeness (QED) is 0.610. The maximum atomic E-state index is 12.1. The van der Waals surface area contributed by atoms with Crippen LogP contribution in [-0.4, -0.2) is 32.6 Å². The van der Waals surface area contributed by atoms with Crippen molar-refractivity contribution in [3.8, 4) is 0 Å². The molecule has 0 saturated heterocycles. The average molecular weight is 387 g/mol. The summed E-state index contributed by atoms with van der Waals surface area (Å²) in [6.45, 7) is 0.535. The molecule has 3 aromatic rings. The van der Waals surface area contributed by atoms with Gasteiger partial charge in [0.1, 0.15) is 0 Å². The number of aromatic nitrogens is 3. The fourth-order valence-electron chi connectivity index (χ4n) is 2.76. The summed E-state index contributed by atoms with van der Waals surface area (Å²) in [6, 6.07) is 14.9. The van der Waals surface area contributed by atoms with Crippen molar-refractivity contribution in [2.75, 3.05) is 5.32 Å². The first-order valence-electron chi connectivity index (χ1n) is 9.49. The Morgan fingerprint density at radius 2 is 1.93 bits per heavy atom.